The summed E-state index contributed by atoms with van der Waals surface area (Å²) in [7, 11) is 0.546. The number of rotatable bonds is 6. The Bertz CT molecular complexity index is 1070. The third-order valence-corrected chi connectivity index (χ3v) is 5.25. The molecule has 0 fully saturated rings. The van der Waals surface area contributed by atoms with E-state index in [2.05, 4.69) is 10.4 Å². The average Bonchev–Trinajstić information content (AvgIpc) is 3.06. The first kappa shape index (κ1) is 19.6. The summed E-state index contributed by atoms with van der Waals surface area (Å²) < 4.78 is 24.6. The monoisotopic (exact) mass is 398 g/mol. The number of anilines is 2. The first-order valence-electron chi connectivity index (χ1n) is 8.64. The molecule has 28 heavy (non-hydrogen) atoms. The molecule has 0 aliphatic carbocycles. The van der Waals surface area contributed by atoms with Crippen molar-refractivity contribution in [3.8, 4) is 11.1 Å². The number of nitrogens with one attached hydrogen (secondary N) is 1. The molecule has 146 valence electrons. The van der Waals surface area contributed by atoms with Crippen molar-refractivity contribution in [2.75, 3.05) is 30.6 Å². The summed E-state index contributed by atoms with van der Waals surface area (Å²) in [5.41, 5.74) is 2.49. The molecule has 0 saturated carbocycles. The van der Waals surface area contributed by atoms with Gasteiger partial charge in [-0.3, -0.25) is 9.48 Å². The van der Waals surface area contributed by atoms with Gasteiger partial charge in [0.2, 0.25) is 5.91 Å². The van der Waals surface area contributed by atoms with E-state index < -0.39 is 9.84 Å². The van der Waals surface area contributed by atoms with Crippen molar-refractivity contribution in [2.24, 2.45) is 0 Å². The number of amides is 1. The molecule has 0 aliphatic rings. The Kier molecular flexibility index (Phi) is 5.51. The van der Waals surface area contributed by atoms with Crippen molar-refractivity contribution in [1.82, 2.24) is 9.78 Å². The molecule has 3 rings (SSSR count). The molecule has 7 nitrogen and oxygen atoms in total. The number of hydrogen-bond acceptors (Lipinski definition) is 5. The highest BCUT2D eigenvalue weighted by Crippen LogP contribution is 2.28. The number of hydrogen-bond donors (Lipinski definition) is 1. The fourth-order valence-electron chi connectivity index (χ4n) is 2.78. The van der Waals surface area contributed by atoms with Crippen molar-refractivity contribution < 1.29 is 13.2 Å². The standard InChI is InChI=1S/C20H22N4O3S/c1-23(2)20-18(15-7-5-4-6-8-15)13-24(22-20)14-19(25)21-16-9-11-17(12-10-16)28(3,26)27/h4-13H,14H2,1-3H3,(H,21,25). The lowest BCUT2D eigenvalue weighted by molar-refractivity contribution is -0.116. The number of benzene rings is 2. The van der Waals surface area contributed by atoms with Crippen LogP contribution in [0.3, 0.4) is 0 Å². The summed E-state index contributed by atoms with van der Waals surface area (Å²) in [5, 5.41) is 7.28. The van der Waals surface area contributed by atoms with Gasteiger partial charge in [-0.2, -0.15) is 5.10 Å². The Hall–Kier alpha value is -3.13. The maximum Gasteiger partial charge on any atom is 0.246 e. The zero-order valence-electron chi connectivity index (χ0n) is 16.0. The SMILES string of the molecule is CN(C)c1nn(CC(=O)Nc2ccc(S(C)(=O)=O)cc2)cc1-c1ccccc1. The van der Waals surface area contributed by atoms with Crippen molar-refractivity contribution >= 4 is 27.2 Å². The molecule has 0 radical (unpaired) electrons. The van der Waals surface area contributed by atoms with E-state index >= 15 is 0 Å². The van der Waals surface area contributed by atoms with Gasteiger partial charge in [-0.15, -0.1) is 0 Å². The number of sulfone groups is 1. The fraction of sp³-hybridized carbons (Fsp3) is 0.200. The van der Waals surface area contributed by atoms with Crippen LogP contribution in [0, 0.1) is 0 Å². The van der Waals surface area contributed by atoms with Crippen molar-refractivity contribution in [2.45, 2.75) is 11.4 Å². The molecule has 8 heteroatoms. The second-order valence-electron chi connectivity index (χ2n) is 6.67. The largest absolute Gasteiger partial charge is 0.361 e. The summed E-state index contributed by atoms with van der Waals surface area (Å²) in [6, 6.07) is 15.9. The van der Waals surface area contributed by atoms with Gasteiger partial charge < -0.3 is 10.2 Å². The Morgan fingerprint density at radius 1 is 1.07 bits per heavy atom. The molecule has 1 aromatic heterocycles. The normalized spacial score (nSPS) is 11.2. The third kappa shape index (κ3) is 4.58. The molecule has 0 unspecified atom stereocenters. The highest BCUT2D eigenvalue weighted by molar-refractivity contribution is 7.90. The smallest absolute Gasteiger partial charge is 0.246 e. The van der Waals surface area contributed by atoms with Crippen LogP contribution in [0.1, 0.15) is 0 Å². The summed E-state index contributed by atoms with van der Waals surface area (Å²) >= 11 is 0. The van der Waals surface area contributed by atoms with Gasteiger partial charge in [-0.1, -0.05) is 30.3 Å². The Morgan fingerprint density at radius 3 is 2.29 bits per heavy atom. The fourth-order valence-corrected chi connectivity index (χ4v) is 3.41. The first-order valence-corrected chi connectivity index (χ1v) is 10.5. The van der Waals surface area contributed by atoms with E-state index in [9.17, 15) is 13.2 Å². The summed E-state index contributed by atoms with van der Waals surface area (Å²) in [6.07, 6.45) is 2.99. The minimum Gasteiger partial charge on any atom is -0.361 e. The number of carbonyl (C=O) groups excluding carboxylic acids is 1. The van der Waals surface area contributed by atoms with E-state index in [0.29, 0.717) is 5.69 Å². The van der Waals surface area contributed by atoms with Gasteiger partial charge in [0, 0.05) is 37.8 Å². The van der Waals surface area contributed by atoms with Crippen LogP contribution in [0.4, 0.5) is 11.5 Å². The van der Waals surface area contributed by atoms with Crippen LogP contribution >= 0.6 is 0 Å². The molecule has 1 N–H and O–H groups in total. The second-order valence-corrected chi connectivity index (χ2v) is 8.68. The van der Waals surface area contributed by atoms with Crippen LogP contribution in [-0.4, -0.2) is 44.5 Å². The van der Waals surface area contributed by atoms with E-state index in [4.69, 9.17) is 0 Å². The highest BCUT2D eigenvalue weighted by Gasteiger charge is 2.15. The third-order valence-electron chi connectivity index (χ3n) is 4.12. The van der Waals surface area contributed by atoms with E-state index in [1.165, 1.54) is 12.1 Å². The Balaban J connectivity index is 1.75. The van der Waals surface area contributed by atoms with Crippen molar-refractivity contribution in [3.05, 3.63) is 60.8 Å². The molecule has 0 bridgehead atoms. The summed E-state index contributed by atoms with van der Waals surface area (Å²) in [5.74, 6) is 0.524. The topological polar surface area (TPSA) is 84.3 Å². The lowest BCUT2D eigenvalue weighted by atomic mass is 10.1. The molecule has 0 atom stereocenters. The van der Waals surface area contributed by atoms with E-state index in [-0.39, 0.29) is 17.3 Å². The van der Waals surface area contributed by atoms with Gasteiger partial charge in [0.05, 0.1) is 4.90 Å². The minimum atomic E-state index is -3.26. The average molecular weight is 398 g/mol. The van der Waals surface area contributed by atoms with Gasteiger partial charge in [0.15, 0.2) is 15.7 Å². The molecule has 0 spiro atoms. The molecule has 1 heterocycles. The van der Waals surface area contributed by atoms with Crippen LogP contribution in [0.25, 0.3) is 11.1 Å². The lowest BCUT2D eigenvalue weighted by Crippen LogP contribution is -2.19. The number of carbonyl (C=O) groups is 1. The predicted molar refractivity (Wildman–Crippen MR) is 110 cm³/mol. The molecule has 0 saturated heterocycles. The quantitative estimate of drug-likeness (QED) is 0.690. The van der Waals surface area contributed by atoms with Crippen LogP contribution < -0.4 is 10.2 Å². The molecule has 0 aliphatic heterocycles. The molecular formula is C20H22N4O3S. The minimum absolute atomic E-state index is 0.0432. The van der Waals surface area contributed by atoms with E-state index in [1.54, 1.807) is 16.8 Å². The van der Waals surface area contributed by atoms with Crippen LogP contribution in [0.15, 0.2) is 65.7 Å². The van der Waals surface area contributed by atoms with E-state index in [1.807, 2.05) is 55.5 Å². The van der Waals surface area contributed by atoms with Crippen molar-refractivity contribution in [3.63, 3.8) is 0 Å². The maximum absolute atomic E-state index is 12.4. The van der Waals surface area contributed by atoms with Gasteiger partial charge in [-0.25, -0.2) is 8.42 Å². The lowest BCUT2D eigenvalue weighted by Gasteiger charge is -2.11. The first-order chi connectivity index (χ1) is 13.2. The van der Waals surface area contributed by atoms with Gasteiger partial charge in [-0.05, 0) is 29.8 Å². The molecule has 2 aromatic carbocycles. The molecule has 1 amide bonds. The zero-order chi connectivity index (χ0) is 20.3. The van der Waals surface area contributed by atoms with Crippen LogP contribution in [0.2, 0.25) is 0 Å². The molecular weight excluding hydrogens is 376 g/mol. The van der Waals surface area contributed by atoms with Crippen molar-refractivity contribution in [1.29, 1.82) is 0 Å². The highest BCUT2D eigenvalue weighted by atomic mass is 32.2. The Labute approximate surface area is 164 Å². The zero-order valence-corrected chi connectivity index (χ0v) is 16.8. The summed E-state index contributed by atoms with van der Waals surface area (Å²) in [4.78, 5) is 14.5. The second kappa shape index (κ2) is 7.85. The molecule has 3 aromatic rings. The van der Waals surface area contributed by atoms with Gasteiger partial charge in [0.1, 0.15) is 6.54 Å². The van der Waals surface area contributed by atoms with Crippen LogP contribution in [0.5, 0.6) is 0 Å². The maximum atomic E-state index is 12.4. The van der Waals surface area contributed by atoms with Gasteiger partial charge >= 0.3 is 0 Å². The Morgan fingerprint density at radius 2 is 1.71 bits per heavy atom. The predicted octanol–water partition coefficient (Wildman–Crippen LogP) is 2.66. The van der Waals surface area contributed by atoms with Gasteiger partial charge in [0.25, 0.3) is 0 Å². The van der Waals surface area contributed by atoms with E-state index in [0.717, 1.165) is 23.2 Å². The van der Waals surface area contributed by atoms with Crippen LogP contribution in [-0.2, 0) is 21.2 Å². The number of nitrogens with zero attached hydrogens (tertiary/aromatic N) is 3. The summed E-state index contributed by atoms with van der Waals surface area (Å²) in [6.45, 7) is 0.0432. The number of aromatic nitrogens is 2.